The monoisotopic (exact) mass is 270 g/mol. The van der Waals surface area contributed by atoms with Gasteiger partial charge in [0.05, 0.1) is 11.6 Å². The molecule has 0 aromatic heterocycles. The Morgan fingerprint density at radius 2 is 2.40 bits per heavy atom. The maximum absolute atomic E-state index is 12.0. The van der Waals surface area contributed by atoms with Crippen molar-refractivity contribution in [2.24, 2.45) is 0 Å². The zero-order valence-electron chi connectivity index (χ0n) is 11.0. The molecule has 6 nitrogen and oxygen atoms in total. The minimum Gasteiger partial charge on any atom is -0.692 e. The molecule has 1 heterocycles. The van der Waals surface area contributed by atoms with Gasteiger partial charge in [0.15, 0.2) is 0 Å². The number of benzene rings is 1. The molecule has 0 spiro atoms. The number of carbonyl (C=O) groups is 1. The van der Waals surface area contributed by atoms with Crippen LogP contribution >= 0.6 is 0 Å². The fourth-order valence-corrected chi connectivity index (χ4v) is 2.06. The molecule has 20 heavy (non-hydrogen) atoms. The van der Waals surface area contributed by atoms with Crippen molar-refractivity contribution in [1.82, 2.24) is 0 Å². The Bertz CT molecular complexity index is 589. The van der Waals surface area contributed by atoms with E-state index < -0.39 is 6.04 Å². The third-order valence-corrected chi connectivity index (χ3v) is 3.01. The van der Waals surface area contributed by atoms with E-state index in [1.165, 1.54) is 13.2 Å². The zero-order chi connectivity index (χ0) is 14.5. The fraction of sp³-hybridized carbons (Fsp3) is 0.286. The second-order valence-corrected chi connectivity index (χ2v) is 4.40. The van der Waals surface area contributed by atoms with Crippen LogP contribution in [0.25, 0.3) is 10.6 Å². The van der Waals surface area contributed by atoms with Crippen LogP contribution in [0, 0.1) is 11.3 Å². The summed E-state index contributed by atoms with van der Waals surface area (Å²) in [5.41, 5.74) is 2.15. The van der Waals surface area contributed by atoms with E-state index in [-0.39, 0.29) is 11.8 Å². The van der Waals surface area contributed by atoms with Gasteiger partial charge in [-0.3, -0.25) is 4.79 Å². The first-order chi connectivity index (χ1) is 9.63. The number of nitrogens with one attached hydrogen (secondary N) is 1. The number of aliphatic hydroxyl groups excluding tert-OH is 1. The van der Waals surface area contributed by atoms with Crippen LogP contribution in [-0.2, 0) is 11.2 Å². The van der Waals surface area contributed by atoms with Crippen molar-refractivity contribution in [3.63, 3.8) is 0 Å². The maximum Gasteiger partial charge on any atom is 0.209 e. The number of aryl methyl sites for hydroxylation is 1. The molecule has 1 aliphatic heterocycles. The van der Waals surface area contributed by atoms with Crippen LogP contribution in [0.2, 0.25) is 0 Å². The van der Waals surface area contributed by atoms with Gasteiger partial charge in [-0.15, -0.1) is 7.05 Å². The summed E-state index contributed by atoms with van der Waals surface area (Å²) in [6, 6.07) is 6.54. The average Bonchev–Trinajstić information content (AvgIpc) is 2.58. The molecule has 2 N–H and O–H groups in total. The molecule has 1 aliphatic rings. The van der Waals surface area contributed by atoms with Gasteiger partial charge in [0.1, 0.15) is 0 Å². The quantitative estimate of drug-likeness (QED) is 0.825. The molecule has 0 radical (unpaired) electrons. The van der Waals surface area contributed by atoms with Crippen LogP contribution in [0.4, 0.5) is 5.69 Å². The predicted molar refractivity (Wildman–Crippen MR) is 75.2 cm³/mol. The summed E-state index contributed by atoms with van der Waals surface area (Å²) in [5, 5.41) is 28.7. The van der Waals surface area contributed by atoms with Gasteiger partial charge in [0.2, 0.25) is 5.91 Å². The van der Waals surface area contributed by atoms with Gasteiger partial charge in [-0.05, 0) is 42.1 Å². The molecule has 0 bridgehead atoms. The third kappa shape index (κ3) is 3.01. The summed E-state index contributed by atoms with van der Waals surface area (Å²) in [6.07, 6.45) is 2.27. The highest BCUT2D eigenvalue weighted by Gasteiger charge is 2.17. The number of hydrogen-bond donors (Lipinski definition) is 2. The third-order valence-electron chi connectivity index (χ3n) is 3.01. The second kappa shape index (κ2) is 5.97. The molecule has 0 saturated heterocycles. The lowest BCUT2D eigenvalue weighted by Crippen LogP contribution is -2.25. The van der Waals surface area contributed by atoms with Crippen molar-refractivity contribution >= 4 is 11.6 Å². The maximum atomic E-state index is 12.0. The van der Waals surface area contributed by atoms with E-state index in [4.69, 9.17) is 5.26 Å². The van der Waals surface area contributed by atoms with E-state index in [0.29, 0.717) is 24.1 Å². The van der Waals surface area contributed by atoms with Gasteiger partial charge >= 0.3 is 0 Å². The average molecular weight is 270 g/mol. The minimum absolute atomic E-state index is 0.267. The van der Waals surface area contributed by atoms with Gasteiger partial charge in [0.25, 0.3) is 0 Å². The summed E-state index contributed by atoms with van der Waals surface area (Å²) in [6.45, 7) is 0. The highest BCUT2D eigenvalue weighted by molar-refractivity contribution is 5.98. The Morgan fingerprint density at radius 3 is 3.10 bits per heavy atom. The highest BCUT2D eigenvalue weighted by Crippen LogP contribution is 2.26. The standard InChI is InChI=1S/C14H14N4O2/c1-16-8-13(19)17-12-5-3-10-6-9(7-15)2-4-11(10)18-14(12)20/h2,4,6,8,12,19H,3,5H2,1H3,(H,18,20)/q-2. The Kier molecular flexibility index (Phi) is 4.11. The predicted octanol–water partition coefficient (Wildman–Crippen LogP) is 2.55. The number of hydrogen-bond acceptors (Lipinski definition) is 3. The molecule has 104 valence electrons. The fourth-order valence-electron chi connectivity index (χ4n) is 2.06. The smallest absolute Gasteiger partial charge is 0.209 e. The molecule has 1 unspecified atom stereocenters. The van der Waals surface area contributed by atoms with Crippen molar-refractivity contribution in [1.29, 1.82) is 5.26 Å². The number of aliphatic hydroxyl groups is 1. The number of nitrogens with zero attached hydrogens (tertiary/aromatic N) is 3. The van der Waals surface area contributed by atoms with Gasteiger partial charge in [-0.2, -0.15) is 11.5 Å². The molecule has 1 amide bonds. The number of carbonyl (C=O) groups excluding carboxylic acids is 1. The largest absolute Gasteiger partial charge is 0.692 e. The van der Waals surface area contributed by atoms with Crippen molar-refractivity contribution in [2.75, 3.05) is 12.4 Å². The molecule has 0 saturated carbocycles. The molecule has 2 rings (SSSR count). The first-order valence-electron chi connectivity index (χ1n) is 6.17. The lowest BCUT2D eigenvalue weighted by atomic mass is 10.0. The first kappa shape index (κ1) is 13.7. The topological polar surface area (TPSA) is 101 Å². The Hall–Kier alpha value is -2.68. The molecule has 1 atom stereocenters. The van der Waals surface area contributed by atoms with E-state index in [1.807, 2.05) is 0 Å². The number of anilines is 1. The van der Waals surface area contributed by atoms with Crippen LogP contribution in [0.3, 0.4) is 0 Å². The van der Waals surface area contributed by atoms with Crippen molar-refractivity contribution in [2.45, 2.75) is 18.9 Å². The van der Waals surface area contributed by atoms with Crippen LogP contribution in [0.1, 0.15) is 17.5 Å². The summed E-state index contributed by atoms with van der Waals surface area (Å²) < 4.78 is 0. The van der Waals surface area contributed by atoms with Crippen LogP contribution in [-0.4, -0.2) is 24.1 Å². The van der Waals surface area contributed by atoms with Gasteiger partial charge in [-0.1, -0.05) is 6.42 Å². The molecule has 1 aromatic rings. The van der Waals surface area contributed by atoms with Crippen LogP contribution in [0.15, 0.2) is 30.3 Å². The summed E-state index contributed by atoms with van der Waals surface area (Å²) in [4.78, 5) is 12.0. The Labute approximate surface area is 117 Å². The number of amides is 1. The molecule has 0 fully saturated rings. The number of fused-ring (bicyclic) bond motifs is 1. The molecular formula is C14H14N4O2-2. The molecule has 0 aliphatic carbocycles. The van der Waals surface area contributed by atoms with Gasteiger partial charge < -0.3 is 21.1 Å². The molecular weight excluding hydrogens is 256 g/mol. The summed E-state index contributed by atoms with van der Waals surface area (Å²) in [7, 11) is 1.51. The molecule has 1 aromatic carbocycles. The van der Waals surface area contributed by atoms with E-state index >= 15 is 0 Å². The normalized spacial score (nSPS) is 18.3. The SMILES string of the molecule is C[N-]C=C(O)[N-]C1CCc2cc(C#N)ccc2NC1=O. The summed E-state index contributed by atoms with van der Waals surface area (Å²) >= 11 is 0. The van der Waals surface area contributed by atoms with Gasteiger partial charge in [0, 0.05) is 5.69 Å². The Morgan fingerprint density at radius 1 is 1.60 bits per heavy atom. The van der Waals surface area contributed by atoms with Crippen molar-refractivity contribution in [3.8, 4) is 6.07 Å². The highest BCUT2D eigenvalue weighted by atomic mass is 16.3. The van der Waals surface area contributed by atoms with Crippen molar-refractivity contribution in [3.05, 3.63) is 52.0 Å². The second-order valence-electron chi connectivity index (χ2n) is 4.40. The number of rotatable bonds is 3. The molecule has 6 heteroatoms. The lowest BCUT2D eigenvalue weighted by Gasteiger charge is -2.31. The van der Waals surface area contributed by atoms with E-state index in [1.54, 1.807) is 18.2 Å². The Balaban J connectivity index is 2.16. The number of nitriles is 1. The first-order valence-corrected chi connectivity index (χ1v) is 6.17. The minimum atomic E-state index is -0.661. The van der Waals surface area contributed by atoms with E-state index in [0.717, 1.165) is 5.56 Å². The van der Waals surface area contributed by atoms with E-state index in [9.17, 15) is 9.90 Å². The van der Waals surface area contributed by atoms with Crippen molar-refractivity contribution < 1.29 is 9.90 Å². The van der Waals surface area contributed by atoms with Crippen LogP contribution in [0.5, 0.6) is 0 Å². The lowest BCUT2D eigenvalue weighted by molar-refractivity contribution is -0.116. The van der Waals surface area contributed by atoms with Gasteiger partial charge in [-0.25, -0.2) is 0 Å². The zero-order valence-corrected chi connectivity index (χ0v) is 11.0. The van der Waals surface area contributed by atoms with E-state index in [2.05, 4.69) is 22.0 Å². The summed E-state index contributed by atoms with van der Waals surface area (Å²) in [5.74, 6) is -0.541. The van der Waals surface area contributed by atoms with Crippen LogP contribution < -0.4 is 5.32 Å².